The van der Waals surface area contributed by atoms with Crippen LogP contribution in [0.5, 0.6) is 0 Å². The summed E-state index contributed by atoms with van der Waals surface area (Å²) < 4.78 is 1.95. The van der Waals surface area contributed by atoms with Crippen LogP contribution in [0.2, 0.25) is 0 Å². The fourth-order valence-electron chi connectivity index (χ4n) is 2.66. The minimum atomic E-state index is 0.0548. The van der Waals surface area contributed by atoms with Crippen molar-refractivity contribution < 1.29 is 4.79 Å². The minimum Gasteiger partial charge on any atom is -0.356 e. The predicted molar refractivity (Wildman–Crippen MR) is 87.5 cm³/mol. The van der Waals surface area contributed by atoms with E-state index in [2.05, 4.69) is 27.3 Å². The molecule has 1 aliphatic rings. The van der Waals surface area contributed by atoms with E-state index < -0.39 is 0 Å². The predicted octanol–water partition coefficient (Wildman–Crippen LogP) is 2.07. The summed E-state index contributed by atoms with van der Waals surface area (Å²) in [6, 6.07) is 3.94. The highest BCUT2D eigenvalue weighted by Gasteiger charge is 2.27. The number of carbonyl (C=O) groups is 1. The van der Waals surface area contributed by atoms with E-state index in [0.29, 0.717) is 0 Å². The molecule has 1 fully saturated rings. The van der Waals surface area contributed by atoms with Gasteiger partial charge in [-0.2, -0.15) is 0 Å². The molecule has 1 unspecified atom stereocenters. The molecule has 1 saturated heterocycles. The molecule has 0 aromatic carbocycles. The third-order valence-electron chi connectivity index (χ3n) is 3.84. The monoisotopic (exact) mass is 319 g/mol. The second-order valence-electron chi connectivity index (χ2n) is 5.53. The van der Waals surface area contributed by atoms with Gasteiger partial charge in [0.25, 0.3) is 0 Å². The number of amides is 1. The number of rotatable bonds is 5. The van der Waals surface area contributed by atoms with E-state index in [1.54, 1.807) is 11.3 Å². The Morgan fingerprint density at radius 1 is 1.36 bits per heavy atom. The van der Waals surface area contributed by atoms with Crippen molar-refractivity contribution in [2.75, 3.05) is 24.5 Å². The van der Waals surface area contributed by atoms with Crippen LogP contribution in [0.25, 0.3) is 5.13 Å². The van der Waals surface area contributed by atoms with Crippen molar-refractivity contribution in [3.05, 3.63) is 24.5 Å². The first-order valence-corrected chi connectivity index (χ1v) is 8.59. The lowest BCUT2D eigenvalue weighted by Crippen LogP contribution is -2.43. The summed E-state index contributed by atoms with van der Waals surface area (Å²) in [5, 5.41) is 13.3. The van der Waals surface area contributed by atoms with Gasteiger partial charge in [0.1, 0.15) is 0 Å². The molecule has 1 amide bonds. The zero-order valence-electron chi connectivity index (χ0n) is 12.7. The van der Waals surface area contributed by atoms with Crippen LogP contribution in [0.3, 0.4) is 0 Å². The maximum atomic E-state index is 12.2. The Morgan fingerprint density at radius 3 is 2.91 bits per heavy atom. The van der Waals surface area contributed by atoms with Gasteiger partial charge in [0.2, 0.25) is 16.2 Å². The van der Waals surface area contributed by atoms with Crippen LogP contribution in [0.4, 0.5) is 5.13 Å². The summed E-state index contributed by atoms with van der Waals surface area (Å²) in [6.07, 6.45) is 6.86. The van der Waals surface area contributed by atoms with E-state index in [9.17, 15) is 4.79 Å². The number of nitrogens with zero attached hydrogens (tertiary/aromatic N) is 4. The molecule has 0 spiro atoms. The lowest BCUT2D eigenvalue weighted by Gasteiger charge is -2.31. The lowest BCUT2D eigenvalue weighted by molar-refractivity contribution is -0.125. The lowest BCUT2D eigenvalue weighted by atomic mass is 9.97. The summed E-state index contributed by atoms with van der Waals surface area (Å²) in [6.45, 7) is 4.50. The summed E-state index contributed by atoms with van der Waals surface area (Å²) >= 11 is 1.56. The molecule has 2 aromatic rings. The van der Waals surface area contributed by atoms with Gasteiger partial charge in [-0.15, -0.1) is 10.2 Å². The standard InChI is InChI=1S/C15H21N5OS/c1-2-7-16-13(21)12-6-5-10-20(11-12)15-18-17-14(22-15)19-8-3-4-9-19/h3-4,8-9,12H,2,5-7,10-11H2,1H3,(H,16,21). The molecule has 2 aromatic heterocycles. The second-order valence-corrected chi connectivity index (χ2v) is 6.47. The zero-order chi connectivity index (χ0) is 15.4. The normalized spacial score (nSPS) is 18.4. The summed E-state index contributed by atoms with van der Waals surface area (Å²) in [7, 11) is 0. The Bertz CT molecular complexity index is 609. The van der Waals surface area contributed by atoms with Crippen LogP contribution in [0.15, 0.2) is 24.5 Å². The van der Waals surface area contributed by atoms with E-state index in [-0.39, 0.29) is 11.8 Å². The third kappa shape index (κ3) is 3.30. The van der Waals surface area contributed by atoms with Crippen LogP contribution >= 0.6 is 11.3 Å². The van der Waals surface area contributed by atoms with Crippen LogP contribution < -0.4 is 10.2 Å². The first kappa shape index (κ1) is 15.0. The van der Waals surface area contributed by atoms with Crippen molar-refractivity contribution in [1.29, 1.82) is 0 Å². The molecular weight excluding hydrogens is 298 g/mol. The van der Waals surface area contributed by atoms with E-state index in [0.717, 1.165) is 49.2 Å². The molecule has 22 heavy (non-hydrogen) atoms. The molecule has 0 bridgehead atoms. The van der Waals surface area contributed by atoms with E-state index in [1.165, 1.54) is 0 Å². The molecule has 118 valence electrons. The Morgan fingerprint density at radius 2 is 2.14 bits per heavy atom. The van der Waals surface area contributed by atoms with Crippen LogP contribution in [0.1, 0.15) is 26.2 Å². The number of piperidine rings is 1. The van der Waals surface area contributed by atoms with Crippen molar-refractivity contribution in [3.8, 4) is 5.13 Å². The Balaban J connectivity index is 1.66. The fraction of sp³-hybridized carbons (Fsp3) is 0.533. The third-order valence-corrected chi connectivity index (χ3v) is 4.84. The van der Waals surface area contributed by atoms with Gasteiger partial charge < -0.3 is 10.2 Å². The molecule has 7 heteroatoms. The molecule has 1 N–H and O–H groups in total. The topological polar surface area (TPSA) is 63.1 Å². The van der Waals surface area contributed by atoms with Crippen molar-refractivity contribution in [2.24, 2.45) is 5.92 Å². The zero-order valence-corrected chi connectivity index (χ0v) is 13.6. The number of anilines is 1. The Kier molecular flexibility index (Phi) is 4.72. The molecule has 1 aliphatic heterocycles. The van der Waals surface area contributed by atoms with Gasteiger partial charge in [0, 0.05) is 32.0 Å². The molecule has 0 saturated carbocycles. The van der Waals surface area contributed by atoms with Gasteiger partial charge in [0.15, 0.2) is 0 Å². The van der Waals surface area contributed by atoms with Crippen molar-refractivity contribution in [1.82, 2.24) is 20.1 Å². The largest absolute Gasteiger partial charge is 0.356 e. The highest BCUT2D eigenvalue weighted by Crippen LogP contribution is 2.27. The molecule has 6 nitrogen and oxygen atoms in total. The molecule has 1 atom stereocenters. The molecule has 0 radical (unpaired) electrons. The van der Waals surface area contributed by atoms with Crippen molar-refractivity contribution in [2.45, 2.75) is 26.2 Å². The number of carbonyl (C=O) groups excluding carboxylic acids is 1. The SMILES string of the molecule is CCCNC(=O)C1CCCN(c2nnc(-n3cccc3)s2)C1. The van der Waals surface area contributed by atoms with E-state index in [4.69, 9.17) is 0 Å². The number of hydrogen-bond acceptors (Lipinski definition) is 5. The van der Waals surface area contributed by atoms with Gasteiger partial charge in [-0.3, -0.25) is 9.36 Å². The van der Waals surface area contributed by atoms with Gasteiger partial charge in [-0.25, -0.2) is 0 Å². The molecule has 3 rings (SSSR count). The summed E-state index contributed by atoms with van der Waals surface area (Å²) in [5.41, 5.74) is 0. The number of nitrogens with one attached hydrogen (secondary N) is 1. The van der Waals surface area contributed by atoms with Crippen LogP contribution in [-0.4, -0.2) is 40.3 Å². The minimum absolute atomic E-state index is 0.0548. The average Bonchev–Trinajstić information content (AvgIpc) is 3.23. The smallest absolute Gasteiger partial charge is 0.224 e. The Hall–Kier alpha value is -1.89. The second kappa shape index (κ2) is 6.91. The summed E-state index contributed by atoms with van der Waals surface area (Å²) in [4.78, 5) is 14.3. The maximum absolute atomic E-state index is 12.2. The van der Waals surface area contributed by atoms with Crippen LogP contribution in [0, 0.1) is 5.92 Å². The van der Waals surface area contributed by atoms with Gasteiger partial charge in [-0.1, -0.05) is 18.3 Å². The summed E-state index contributed by atoms with van der Waals surface area (Å²) in [5.74, 6) is 0.223. The van der Waals surface area contributed by atoms with E-state index >= 15 is 0 Å². The average molecular weight is 319 g/mol. The van der Waals surface area contributed by atoms with Crippen LogP contribution in [-0.2, 0) is 4.79 Å². The fourth-order valence-corrected chi connectivity index (χ4v) is 3.51. The first-order valence-electron chi connectivity index (χ1n) is 7.77. The molecular formula is C15H21N5OS. The van der Waals surface area contributed by atoms with Crippen molar-refractivity contribution >= 4 is 22.4 Å². The maximum Gasteiger partial charge on any atom is 0.224 e. The quantitative estimate of drug-likeness (QED) is 0.916. The Labute approximate surface area is 134 Å². The van der Waals surface area contributed by atoms with Crippen molar-refractivity contribution in [3.63, 3.8) is 0 Å². The molecule has 0 aliphatic carbocycles. The highest BCUT2D eigenvalue weighted by molar-refractivity contribution is 7.17. The highest BCUT2D eigenvalue weighted by atomic mass is 32.1. The number of aromatic nitrogens is 3. The molecule has 3 heterocycles. The van der Waals surface area contributed by atoms with Gasteiger partial charge >= 0.3 is 0 Å². The van der Waals surface area contributed by atoms with Gasteiger partial charge in [-0.05, 0) is 31.4 Å². The van der Waals surface area contributed by atoms with E-state index in [1.807, 2.05) is 29.1 Å². The van der Waals surface area contributed by atoms with Gasteiger partial charge in [0.05, 0.1) is 5.92 Å². The first-order chi connectivity index (χ1) is 10.8. The number of hydrogen-bond donors (Lipinski definition) is 1.